The van der Waals surface area contributed by atoms with Gasteiger partial charge in [0.15, 0.2) is 0 Å². The Balaban J connectivity index is 1.63. The monoisotopic (exact) mass is 364 g/mol. The van der Waals surface area contributed by atoms with E-state index in [1.165, 1.54) is 6.33 Å². The Hall–Kier alpha value is -2.96. The maximum absolute atomic E-state index is 12.5. The van der Waals surface area contributed by atoms with Gasteiger partial charge in [0.1, 0.15) is 12.1 Å². The SMILES string of the molecule is CC(C)(C)C(=O)N1CCN(c2cc(-c3ccccc3)nc3ncnn23)CC1. The Morgan fingerprint density at radius 3 is 2.41 bits per heavy atom. The third-order valence-electron chi connectivity index (χ3n) is 4.84. The first-order chi connectivity index (χ1) is 12.9. The molecule has 4 rings (SSSR count). The van der Waals surface area contributed by atoms with Gasteiger partial charge in [-0.15, -0.1) is 0 Å². The zero-order valence-corrected chi connectivity index (χ0v) is 16.0. The molecule has 140 valence electrons. The number of carbonyl (C=O) groups is 1. The van der Waals surface area contributed by atoms with E-state index in [1.807, 2.05) is 56.0 Å². The minimum atomic E-state index is -0.349. The van der Waals surface area contributed by atoms with Crippen molar-refractivity contribution in [3.05, 3.63) is 42.7 Å². The van der Waals surface area contributed by atoms with Crippen molar-refractivity contribution in [2.45, 2.75) is 20.8 Å². The molecular formula is C20H24N6O. The van der Waals surface area contributed by atoms with Crippen LogP contribution in [0.3, 0.4) is 0 Å². The molecule has 0 unspecified atom stereocenters. The Morgan fingerprint density at radius 2 is 1.74 bits per heavy atom. The molecule has 3 heterocycles. The zero-order chi connectivity index (χ0) is 19.0. The van der Waals surface area contributed by atoms with E-state index in [0.29, 0.717) is 18.9 Å². The van der Waals surface area contributed by atoms with Crippen LogP contribution in [0.4, 0.5) is 5.82 Å². The highest BCUT2D eigenvalue weighted by Gasteiger charge is 2.30. The van der Waals surface area contributed by atoms with Crippen molar-refractivity contribution in [1.82, 2.24) is 24.5 Å². The number of nitrogens with zero attached hydrogens (tertiary/aromatic N) is 6. The highest BCUT2D eigenvalue weighted by Crippen LogP contribution is 2.25. The molecule has 1 aromatic carbocycles. The van der Waals surface area contributed by atoms with Gasteiger partial charge in [-0.2, -0.15) is 14.6 Å². The van der Waals surface area contributed by atoms with Crippen molar-refractivity contribution in [3.63, 3.8) is 0 Å². The molecule has 0 aliphatic carbocycles. The molecule has 3 aromatic rings. The van der Waals surface area contributed by atoms with Gasteiger partial charge in [0.2, 0.25) is 5.91 Å². The van der Waals surface area contributed by atoms with E-state index in [9.17, 15) is 4.79 Å². The summed E-state index contributed by atoms with van der Waals surface area (Å²) in [6, 6.07) is 12.1. The van der Waals surface area contributed by atoms with E-state index in [0.717, 1.165) is 30.2 Å². The second kappa shape index (κ2) is 6.64. The summed E-state index contributed by atoms with van der Waals surface area (Å²) in [4.78, 5) is 25.7. The van der Waals surface area contributed by atoms with E-state index in [2.05, 4.69) is 26.0 Å². The summed E-state index contributed by atoms with van der Waals surface area (Å²) >= 11 is 0. The molecule has 0 bridgehead atoms. The number of piperazine rings is 1. The number of aromatic nitrogens is 4. The van der Waals surface area contributed by atoms with Crippen molar-refractivity contribution in [2.75, 3.05) is 31.1 Å². The molecule has 1 saturated heterocycles. The first-order valence-electron chi connectivity index (χ1n) is 9.24. The number of amides is 1. The summed E-state index contributed by atoms with van der Waals surface area (Å²) in [5, 5.41) is 4.34. The Bertz CT molecular complexity index is 952. The summed E-state index contributed by atoms with van der Waals surface area (Å²) in [5.74, 6) is 1.74. The molecule has 0 N–H and O–H groups in total. The molecule has 7 nitrogen and oxygen atoms in total. The summed E-state index contributed by atoms with van der Waals surface area (Å²) in [6.07, 6.45) is 1.53. The standard InChI is InChI=1S/C20H24N6O/c1-20(2,3)18(27)25-11-9-24(10-12-25)17-13-16(15-7-5-4-6-8-15)23-19-21-14-22-26(17)19/h4-8,13-14H,9-12H2,1-3H3. The molecule has 1 aliphatic rings. The van der Waals surface area contributed by atoms with Crippen molar-refractivity contribution in [1.29, 1.82) is 0 Å². The van der Waals surface area contributed by atoms with Gasteiger partial charge in [-0.25, -0.2) is 4.98 Å². The maximum atomic E-state index is 12.5. The van der Waals surface area contributed by atoms with E-state index >= 15 is 0 Å². The molecule has 0 spiro atoms. The molecule has 0 atom stereocenters. The van der Waals surface area contributed by atoms with Gasteiger partial charge in [-0.05, 0) is 0 Å². The number of hydrogen-bond donors (Lipinski definition) is 0. The molecular weight excluding hydrogens is 340 g/mol. The zero-order valence-electron chi connectivity index (χ0n) is 16.0. The van der Waals surface area contributed by atoms with Crippen LogP contribution >= 0.6 is 0 Å². The number of hydrogen-bond acceptors (Lipinski definition) is 5. The second-order valence-corrected chi connectivity index (χ2v) is 7.87. The second-order valence-electron chi connectivity index (χ2n) is 7.87. The lowest BCUT2D eigenvalue weighted by Crippen LogP contribution is -2.52. The number of fused-ring (bicyclic) bond motifs is 1. The topological polar surface area (TPSA) is 66.6 Å². The number of rotatable bonds is 2. The van der Waals surface area contributed by atoms with Crippen LogP contribution in [0.1, 0.15) is 20.8 Å². The summed E-state index contributed by atoms with van der Waals surface area (Å²) < 4.78 is 1.77. The van der Waals surface area contributed by atoms with Crippen molar-refractivity contribution in [2.24, 2.45) is 5.41 Å². The lowest BCUT2D eigenvalue weighted by atomic mass is 9.94. The Morgan fingerprint density at radius 1 is 1.04 bits per heavy atom. The molecule has 1 aliphatic heterocycles. The van der Waals surface area contributed by atoms with Gasteiger partial charge >= 0.3 is 0 Å². The predicted octanol–water partition coefficient (Wildman–Crippen LogP) is 2.49. The van der Waals surface area contributed by atoms with Crippen LogP contribution in [-0.2, 0) is 4.79 Å². The van der Waals surface area contributed by atoms with Crippen LogP contribution in [0.5, 0.6) is 0 Å². The van der Waals surface area contributed by atoms with Crippen LogP contribution in [0.25, 0.3) is 17.0 Å². The Labute approximate surface area is 158 Å². The highest BCUT2D eigenvalue weighted by atomic mass is 16.2. The van der Waals surface area contributed by atoms with Crippen molar-refractivity contribution < 1.29 is 4.79 Å². The van der Waals surface area contributed by atoms with E-state index in [-0.39, 0.29) is 11.3 Å². The first-order valence-corrected chi connectivity index (χ1v) is 9.24. The maximum Gasteiger partial charge on any atom is 0.254 e. The van der Waals surface area contributed by atoms with Gasteiger partial charge in [-0.3, -0.25) is 4.79 Å². The predicted molar refractivity (Wildman–Crippen MR) is 104 cm³/mol. The number of anilines is 1. The number of carbonyl (C=O) groups excluding carboxylic acids is 1. The largest absolute Gasteiger partial charge is 0.353 e. The quantitative estimate of drug-likeness (QED) is 0.699. The van der Waals surface area contributed by atoms with Crippen molar-refractivity contribution >= 4 is 17.5 Å². The molecule has 0 saturated carbocycles. The normalized spacial score (nSPS) is 15.4. The number of benzene rings is 1. The molecule has 1 fully saturated rings. The highest BCUT2D eigenvalue weighted by molar-refractivity contribution is 5.81. The summed E-state index contributed by atoms with van der Waals surface area (Å²) in [7, 11) is 0. The minimum absolute atomic E-state index is 0.202. The van der Waals surface area contributed by atoms with Crippen LogP contribution in [0.15, 0.2) is 42.7 Å². The first kappa shape index (κ1) is 17.5. The molecule has 2 aromatic heterocycles. The third kappa shape index (κ3) is 3.37. The molecule has 7 heteroatoms. The van der Waals surface area contributed by atoms with Crippen LogP contribution in [0.2, 0.25) is 0 Å². The van der Waals surface area contributed by atoms with Gasteiger partial charge in [0.05, 0.1) is 5.69 Å². The van der Waals surface area contributed by atoms with E-state index < -0.39 is 0 Å². The van der Waals surface area contributed by atoms with Gasteiger partial charge in [-0.1, -0.05) is 51.1 Å². The molecule has 0 radical (unpaired) electrons. The lowest BCUT2D eigenvalue weighted by molar-refractivity contribution is -0.139. The van der Waals surface area contributed by atoms with E-state index in [1.54, 1.807) is 4.52 Å². The molecule has 1 amide bonds. The van der Waals surface area contributed by atoms with E-state index in [4.69, 9.17) is 0 Å². The summed E-state index contributed by atoms with van der Waals surface area (Å²) in [6.45, 7) is 8.83. The fourth-order valence-corrected chi connectivity index (χ4v) is 3.39. The van der Waals surface area contributed by atoms with Crippen LogP contribution in [-0.4, -0.2) is 56.6 Å². The molecule has 27 heavy (non-hydrogen) atoms. The summed E-state index contributed by atoms with van der Waals surface area (Å²) in [5.41, 5.74) is 1.57. The van der Waals surface area contributed by atoms with Gasteiger partial charge < -0.3 is 9.80 Å². The average Bonchev–Trinajstić information content (AvgIpc) is 3.15. The lowest BCUT2D eigenvalue weighted by Gasteiger charge is -2.38. The fraction of sp³-hybridized carbons (Fsp3) is 0.400. The van der Waals surface area contributed by atoms with Crippen LogP contribution < -0.4 is 4.90 Å². The van der Waals surface area contributed by atoms with Gasteiger partial charge in [0, 0.05) is 43.2 Å². The average molecular weight is 364 g/mol. The minimum Gasteiger partial charge on any atom is -0.353 e. The smallest absolute Gasteiger partial charge is 0.254 e. The van der Waals surface area contributed by atoms with Gasteiger partial charge in [0.25, 0.3) is 5.78 Å². The van der Waals surface area contributed by atoms with Crippen LogP contribution in [0, 0.1) is 5.41 Å². The van der Waals surface area contributed by atoms with Crippen molar-refractivity contribution in [3.8, 4) is 11.3 Å². The Kier molecular flexibility index (Phi) is 4.30. The third-order valence-corrected chi connectivity index (χ3v) is 4.84. The fourth-order valence-electron chi connectivity index (χ4n) is 3.39.